The lowest BCUT2D eigenvalue weighted by Crippen LogP contribution is -2.22. The average Bonchev–Trinajstić information content (AvgIpc) is 2.91. The fraction of sp³-hybridized carbons (Fsp3) is 0.222. The van der Waals surface area contributed by atoms with Crippen molar-refractivity contribution in [3.63, 3.8) is 0 Å². The Morgan fingerprint density at radius 1 is 1.20 bits per heavy atom. The summed E-state index contributed by atoms with van der Waals surface area (Å²) in [6.07, 6.45) is 0. The fourth-order valence-electron chi connectivity index (χ4n) is 2.41. The molecule has 0 aliphatic carbocycles. The molecule has 0 saturated carbocycles. The Morgan fingerprint density at radius 2 is 1.92 bits per heavy atom. The molecular formula is C18H19FN4S2. The number of hydrogen-bond donors (Lipinski definition) is 1. The summed E-state index contributed by atoms with van der Waals surface area (Å²) < 4.78 is 16.1. The van der Waals surface area contributed by atoms with E-state index in [1.807, 2.05) is 7.05 Å². The summed E-state index contributed by atoms with van der Waals surface area (Å²) in [7, 11) is 2.02. The number of aryl methyl sites for hydroxylation is 1. The van der Waals surface area contributed by atoms with E-state index in [2.05, 4.69) is 46.5 Å². The molecule has 0 aliphatic heterocycles. The monoisotopic (exact) mass is 374 g/mol. The molecule has 0 aliphatic rings. The van der Waals surface area contributed by atoms with Crippen LogP contribution < -0.4 is 5.32 Å². The van der Waals surface area contributed by atoms with Crippen LogP contribution in [-0.2, 0) is 13.2 Å². The number of nitrogens with zero attached hydrogens (tertiary/aromatic N) is 3. The first-order chi connectivity index (χ1) is 12.0. The Kier molecular flexibility index (Phi) is 5.57. The van der Waals surface area contributed by atoms with Gasteiger partial charge < -0.3 is 5.32 Å². The molecule has 4 nitrogen and oxygen atoms in total. The zero-order valence-electron chi connectivity index (χ0n) is 14.1. The van der Waals surface area contributed by atoms with Crippen LogP contribution in [0.5, 0.6) is 0 Å². The highest BCUT2D eigenvalue weighted by molar-refractivity contribution is 7.73. The van der Waals surface area contributed by atoms with Gasteiger partial charge in [0.25, 0.3) is 0 Å². The van der Waals surface area contributed by atoms with Crippen molar-refractivity contribution in [2.75, 3.05) is 12.4 Å². The molecule has 0 bridgehead atoms. The van der Waals surface area contributed by atoms with Crippen LogP contribution in [0.1, 0.15) is 11.1 Å². The molecule has 1 N–H and O–H groups in total. The van der Waals surface area contributed by atoms with Gasteiger partial charge in [-0.15, -0.1) is 5.10 Å². The Balaban J connectivity index is 1.67. The summed E-state index contributed by atoms with van der Waals surface area (Å²) in [5, 5.41) is 8.02. The lowest BCUT2D eigenvalue weighted by molar-refractivity contribution is 0.245. The number of nitrogens with one attached hydrogen (secondary N) is 1. The van der Waals surface area contributed by atoms with Crippen molar-refractivity contribution in [1.82, 2.24) is 14.7 Å². The summed E-state index contributed by atoms with van der Waals surface area (Å²) in [6.45, 7) is 3.45. The number of aromatic nitrogens is 2. The molecule has 0 spiro atoms. The van der Waals surface area contributed by atoms with Crippen LogP contribution in [0.15, 0.2) is 48.5 Å². The standard InChI is InChI=1S/C18H19FN4S2/c1-13-7-9-14(10-8-13)11-22(2)12-23-18(24)25-17(21-23)20-16-6-4-3-5-15(16)19/h3-10H,11-12H2,1-2H3,(H,20,21). The quantitative estimate of drug-likeness (QED) is 0.619. The second kappa shape index (κ2) is 7.86. The van der Waals surface area contributed by atoms with Crippen molar-refractivity contribution >= 4 is 34.4 Å². The highest BCUT2D eigenvalue weighted by Crippen LogP contribution is 2.22. The predicted octanol–water partition coefficient (Wildman–Crippen LogP) is 4.95. The van der Waals surface area contributed by atoms with Crippen molar-refractivity contribution in [3.8, 4) is 0 Å². The number of benzene rings is 2. The normalized spacial score (nSPS) is 11.0. The molecule has 0 saturated heterocycles. The van der Waals surface area contributed by atoms with E-state index < -0.39 is 0 Å². The predicted molar refractivity (Wildman–Crippen MR) is 103 cm³/mol. The van der Waals surface area contributed by atoms with Gasteiger partial charge in [0.05, 0.1) is 12.4 Å². The third-order valence-electron chi connectivity index (χ3n) is 3.67. The molecule has 7 heteroatoms. The number of halogens is 1. The van der Waals surface area contributed by atoms with Gasteiger partial charge in [0.2, 0.25) is 5.13 Å². The third-order valence-corrected chi connectivity index (χ3v) is 4.89. The van der Waals surface area contributed by atoms with Gasteiger partial charge in [-0.1, -0.05) is 53.3 Å². The zero-order valence-corrected chi connectivity index (χ0v) is 15.7. The van der Waals surface area contributed by atoms with E-state index in [1.54, 1.807) is 22.9 Å². The molecule has 0 fully saturated rings. The molecule has 3 aromatic rings. The summed E-state index contributed by atoms with van der Waals surface area (Å²) >= 11 is 6.71. The van der Waals surface area contributed by atoms with E-state index in [4.69, 9.17) is 12.2 Å². The minimum absolute atomic E-state index is 0.313. The number of rotatable bonds is 6. The number of para-hydroxylation sites is 1. The Morgan fingerprint density at radius 3 is 2.64 bits per heavy atom. The van der Waals surface area contributed by atoms with Gasteiger partial charge in [-0.25, -0.2) is 9.07 Å². The molecular weight excluding hydrogens is 355 g/mol. The maximum absolute atomic E-state index is 13.7. The first kappa shape index (κ1) is 17.7. The van der Waals surface area contributed by atoms with Crippen LogP contribution in [0.4, 0.5) is 15.2 Å². The molecule has 0 radical (unpaired) electrons. The van der Waals surface area contributed by atoms with Crippen molar-refractivity contribution in [1.29, 1.82) is 0 Å². The average molecular weight is 375 g/mol. The second-order valence-electron chi connectivity index (χ2n) is 5.92. The topological polar surface area (TPSA) is 33.1 Å². The van der Waals surface area contributed by atoms with Gasteiger partial charge in [0.1, 0.15) is 5.82 Å². The summed E-state index contributed by atoms with van der Waals surface area (Å²) in [6, 6.07) is 15.0. The molecule has 3 rings (SSSR count). The Labute approximate surface area is 155 Å². The maximum atomic E-state index is 13.7. The van der Waals surface area contributed by atoms with Gasteiger partial charge in [-0.3, -0.25) is 4.90 Å². The van der Waals surface area contributed by atoms with Gasteiger partial charge >= 0.3 is 0 Å². The SMILES string of the molecule is Cc1ccc(CN(C)Cn2nc(Nc3ccccc3F)sc2=S)cc1. The zero-order chi connectivity index (χ0) is 17.8. The van der Waals surface area contributed by atoms with Gasteiger partial charge in [0, 0.05) is 6.54 Å². The second-order valence-corrected chi connectivity index (χ2v) is 7.54. The lowest BCUT2D eigenvalue weighted by Gasteiger charge is -2.16. The highest BCUT2D eigenvalue weighted by atomic mass is 32.1. The first-order valence-corrected chi connectivity index (χ1v) is 9.07. The summed E-state index contributed by atoms with van der Waals surface area (Å²) in [4.78, 5) is 2.13. The number of anilines is 2. The summed E-state index contributed by atoms with van der Waals surface area (Å²) in [5.74, 6) is -0.313. The van der Waals surface area contributed by atoms with Gasteiger partial charge in [-0.05, 0) is 43.9 Å². The molecule has 25 heavy (non-hydrogen) atoms. The van der Waals surface area contributed by atoms with Crippen molar-refractivity contribution in [3.05, 3.63) is 69.4 Å². The molecule has 130 valence electrons. The highest BCUT2D eigenvalue weighted by Gasteiger charge is 2.09. The van der Waals surface area contributed by atoms with E-state index in [-0.39, 0.29) is 5.82 Å². The Hall–Kier alpha value is -2.09. The van der Waals surface area contributed by atoms with Crippen LogP contribution in [0.2, 0.25) is 0 Å². The van der Waals surface area contributed by atoms with Gasteiger partial charge in [0.15, 0.2) is 3.95 Å². The molecule has 0 unspecified atom stereocenters. The van der Waals surface area contributed by atoms with Crippen LogP contribution >= 0.6 is 23.6 Å². The maximum Gasteiger partial charge on any atom is 0.209 e. The smallest absolute Gasteiger partial charge is 0.209 e. The van der Waals surface area contributed by atoms with Gasteiger partial charge in [-0.2, -0.15) is 0 Å². The van der Waals surface area contributed by atoms with Crippen LogP contribution in [-0.4, -0.2) is 21.7 Å². The number of hydrogen-bond acceptors (Lipinski definition) is 5. The molecule has 1 heterocycles. The minimum atomic E-state index is -0.313. The summed E-state index contributed by atoms with van der Waals surface area (Å²) in [5.41, 5.74) is 2.88. The van der Waals surface area contributed by atoms with E-state index in [0.717, 1.165) is 6.54 Å². The van der Waals surface area contributed by atoms with E-state index in [0.29, 0.717) is 21.4 Å². The molecule has 2 aromatic carbocycles. The minimum Gasteiger partial charge on any atom is -0.328 e. The van der Waals surface area contributed by atoms with Crippen molar-refractivity contribution in [2.45, 2.75) is 20.1 Å². The first-order valence-electron chi connectivity index (χ1n) is 7.85. The van der Waals surface area contributed by atoms with Crippen LogP contribution in [0.3, 0.4) is 0 Å². The molecule has 1 aromatic heterocycles. The van der Waals surface area contributed by atoms with E-state index >= 15 is 0 Å². The lowest BCUT2D eigenvalue weighted by atomic mass is 10.1. The largest absolute Gasteiger partial charge is 0.328 e. The van der Waals surface area contributed by atoms with Crippen LogP contribution in [0, 0.1) is 16.7 Å². The van der Waals surface area contributed by atoms with E-state index in [1.165, 1.54) is 28.5 Å². The fourth-order valence-corrected chi connectivity index (χ4v) is 3.41. The Bertz CT molecular complexity index is 902. The van der Waals surface area contributed by atoms with Crippen molar-refractivity contribution in [2.24, 2.45) is 0 Å². The van der Waals surface area contributed by atoms with Crippen molar-refractivity contribution < 1.29 is 4.39 Å². The van der Waals surface area contributed by atoms with E-state index in [9.17, 15) is 4.39 Å². The third kappa shape index (κ3) is 4.72. The van der Waals surface area contributed by atoms with Crippen LogP contribution in [0.25, 0.3) is 0 Å². The molecule has 0 atom stereocenters. The molecule has 0 amide bonds.